The van der Waals surface area contributed by atoms with Crippen LogP contribution in [0.25, 0.3) is 0 Å². The Kier molecular flexibility index (Phi) is 6.39. The zero-order valence-electron chi connectivity index (χ0n) is 17.4. The summed E-state index contributed by atoms with van der Waals surface area (Å²) in [6.45, 7) is 6.83. The molecule has 1 aliphatic carbocycles. The fraction of sp³-hybridized carbons (Fsp3) is 0.810. The van der Waals surface area contributed by atoms with Crippen LogP contribution >= 0.6 is 0 Å². The third kappa shape index (κ3) is 4.58. The van der Waals surface area contributed by atoms with Gasteiger partial charge in [-0.15, -0.1) is 0 Å². The van der Waals surface area contributed by atoms with Crippen LogP contribution < -0.4 is 0 Å². The number of amides is 1. The van der Waals surface area contributed by atoms with E-state index in [2.05, 4.69) is 14.8 Å². The van der Waals surface area contributed by atoms with Crippen molar-refractivity contribution in [2.45, 2.75) is 57.7 Å². The van der Waals surface area contributed by atoms with E-state index in [9.17, 15) is 9.18 Å². The van der Waals surface area contributed by atoms with Crippen LogP contribution in [0.1, 0.15) is 44.8 Å². The highest BCUT2D eigenvalue weighted by Gasteiger charge is 2.51. The first-order valence-electron chi connectivity index (χ1n) is 11.0. The first-order chi connectivity index (χ1) is 14.1. The zero-order chi connectivity index (χ0) is 20.3. The Morgan fingerprint density at radius 1 is 1.38 bits per heavy atom. The van der Waals surface area contributed by atoms with Crippen molar-refractivity contribution >= 4 is 6.09 Å². The van der Waals surface area contributed by atoms with Gasteiger partial charge in [0.05, 0.1) is 19.3 Å². The van der Waals surface area contributed by atoms with Crippen LogP contribution in [0.15, 0.2) is 17.0 Å². The maximum Gasteiger partial charge on any atom is 0.409 e. The van der Waals surface area contributed by atoms with Crippen molar-refractivity contribution in [3.8, 4) is 0 Å². The van der Waals surface area contributed by atoms with Gasteiger partial charge < -0.3 is 19.0 Å². The van der Waals surface area contributed by atoms with Gasteiger partial charge in [-0.25, -0.2) is 14.2 Å². The topological polar surface area (TPSA) is 62.1 Å². The van der Waals surface area contributed by atoms with Crippen molar-refractivity contribution in [1.82, 2.24) is 19.7 Å². The Balaban J connectivity index is 1.23. The van der Waals surface area contributed by atoms with Crippen molar-refractivity contribution in [1.29, 1.82) is 0 Å². The molecule has 8 heteroatoms. The number of hydrogen-bond donors (Lipinski definition) is 0. The van der Waals surface area contributed by atoms with Gasteiger partial charge in [-0.3, -0.25) is 4.90 Å². The monoisotopic (exact) mass is 408 g/mol. The SMILES string of the molecule is CCOC(=O)N1CCC2(CC(N3CCC(N(CCF)Cc4cnco4)CC3)C2)C1. The summed E-state index contributed by atoms with van der Waals surface area (Å²) in [6.07, 6.45) is 8.58. The second-order valence-corrected chi connectivity index (χ2v) is 8.83. The second kappa shape index (κ2) is 9.00. The van der Waals surface area contributed by atoms with Gasteiger partial charge in [-0.1, -0.05) is 0 Å². The van der Waals surface area contributed by atoms with Gasteiger partial charge in [-0.05, 0) is 57.5 Å². The fourth-order valence-electron chi connectivity index (χ4n) is 5.47. The highest BCUT2D eigenvalue weighted by atomic mass is 19.1. The number of piperidine rings is 1. The molecule has 3 aliphatic rings. The van der Waals surface area contributed by atoms with Gasteiger partial charge in [-0.2, -0.15) is 0 Å². The first kappa shape index (κ1) is 20.6. The third-order valence-electron chi connectivity index (χ3n) is 7.05. The summed E-state index contributed by atoms with van der Waals surface area (Å²) < 4.78 is 23.6. The van der Waals surface area contributed by atoms with Crippen molar-refractivity contribution < 1.29 is 18.3 Å². The van der Waals surface area contributed by atoms with Gasteiger partial charge in [0, 0.05) is 31.7 Å². The second-order valence-electron chi connectivity index (χ2n) is 8.83. The van der Waals surface area contributed by atoms with E-state index in [1.165, 1.54) is 19.2 Å². The average molecular weight is 409 g/mol. The van der Waals surface area contributed by atoms with Crippen molar-refractivity contribution in [3.63, 3.8) is 0 Å². The smallest absolute Gasteiger partial charge is 0.409 e. The van der Waals surface area contributed by atoms with Gasteiger partial charge in [0.2, 0.25) is 0 Å². The molecule has 0 unspecified atom stereocenters. The summed E-state index contributed by atoms with van der Waals surface area (Å²) in [6, 6.07) is 1.02. The molecule has 29 heavy (non-hydrogen) atoms. The van der Waals surface area contributed by atoms with E-state index in [1.807, 2.05) is 11.8 Å². The minimum absolute atomic E-state index is 0.159. The van der Waals surface area contributed by atoms with Gasteiger partial charge in [0.25, 0.3) is 0 Å². The molecule has 162 valence electrons. The Labute approximate surface area is 172 Å². The van der Waals surface area contributed by atoms with Crippen molar-refractivity contribution in [3.05, 3.63) is 18.4 Å². The van der Waals surface area contributed by atoms with E-state index in [-0.39, 0.29) is 12.8 Å². The number of ether oxygens (including phenoxy) is 1. The number of nitrogens with zero attached hydrogens (tertiary/aromatic N) is 4. The molecule has 1 saturated carbocycles. The summed E-state index contributed by atoms with van der Waals surface area (Å²) >= 11 is 0. The molecular formula is C21H33FN4O3. The van der Waals surface area contributed by atoms with E-state index >= 15 is 0 Å². The highest BCUT2D eigenvalue weighted by Crippen LogP contribution is 2.50. The van der Waals surface area contributed by atoms with Gasteiger partial charge >= 0.3 is 6.09 Å². The molecule has 0 aromatic carbocycles. The molecular weight excluding hydrogens is 375 g/mol. The Bertz CT molecular complexity index is 657. The summed E-state index contributed by atoms with van der Waals surface area (Å²) in [5.74, 6) is 0.800. The predicted molar refractivity (Wildman–Crippen MR) is 106 cm³/mol. The minimum Gasteiger partial charge on any atom is -0.450 e. The van der Waals surface area contributed by atoms with E-state index in [1.54, 1.807) is 6.20 Å². The van der Waals surface area contributed by atoms with Gasteiger partial charge in [0.1, 0.15) is 12.4 Å². The molecule has 0 atom stereocenters. The van der Waals surface area contributed by atoms with Crippen LogP contribution in [-0.4, -0.2) is 83.9 Å². The first-order valence-corrected chi connectivity index (χ1v) is 11.0. The quantitative estimate of drug-likeness (QED) is 0.691. The molecule has 1 aromatic rings. The van der Waals surface area contributed by atoms with Crippen LogP contribution in [0.3, 0.4) is 0 Å². The molecule has 2 aliphatic heterocycles. The summed E-state index contributed by atoms with van der Waals surface area (Å²) in [5.41, 5.74) is 0.306. The Morgan fingerprint density at radius 3 is 2.83 bits per heavy atom. The average Bonchev–Trinajstić information content (AvgIpc) is 3.37. The lowest BCUT2D eigenvalue weighted by Gasteiger charge is -2.52. The van der Waals surface area contributed by atoms with Crippen LogP contribution in [0.2, 0.25) is 0 Å². The number of carbonyl (C=O) groups is 1. The highest BCUT2D eigenvalue weighted by molar-refractivity contribution is 5.68. The van der Waals surface area contributed by atoms with E-state index in [0.717, 1.165) is 51.2 Å². The number of carbonyl (C=O) groups excluding carboxylic acids is 1. The lowest BCUT2D eigenvalue weighted by molar-refractivity contribution is -0.0178. The maximum absolute atomic E-state index is 13.1. The van der Waals surface area contributed by atoms with E-state index < -0.39 is 0 Å². The molecule has 2 saturated heterocycles. The van der Waals surface area contributed by atoms with E-state index in [4.69, 9.17) is 9.15 Å². The summed E-state index contributed by atoms with van der Waals surface area (Å²) in [5, 5.41) is 0. The van der Waals surface area contributed by atoms with Crippen molar-refractivity contribution in [2.75, 3.05) is 46.0 Å². The van der Waals surface area contributed by atoms with Crippen LogP contribution in [0.4, 0.5) is 9.18 Å². The molecule has 0 N–H and O–H groups in total. The number of oxazole rings is 1. The van der Waals surface area contributed by atoms with Gasteiger partial charge in [0.15, 0.2) is 6.39 Å². The molecule has 0 bridgehead atoms. The molecule has 1 amide bonds. The maximum atomic E-state index is 13.1. The summed E-state index contributed by atoms with van der Waals surface area (Å²) in [4.78, 5) is 22.6. The molecule has 3 heterocycles. The number of alkyl halides is 1. The van der Waals surface area contributed by atoms with Crippen LogP contribution in [-0.2, 0) is 11.3 Å². The molecule has 3 fully saturated rings. The number of hydrogen-bond acceptors (Lipinski definition) is 6. The zero-order valence-corrected chi connectivity index (χ0v) is 17.4. The third-order valence-corrected chi connectivity index (χ3v) is 7.05. The van der Waals surface area contributed by atoms with E-state index in [0.29, 0.717) is 37.2 Å². The Morgan fingerprint density at radius 2 is 2.17 bits per heavy atom. The molecule has 0 radical (unpaired) electrons. The fourth-order valence-corrected chi connectivity index (χ4v) is 5.47. The number of aromatic nitrogens is 1. The predicted octanol–water partition coefficient (Wildman–Crippen LogP) is 2.92. The standard InChI is InChI=1S/C21H33FN4O3/c1-2-28-20(27)26-9-5-21(15-26)11-18(12-21)24-7-3-17(4-8-24)25(10-6-22)14-19-13-23-16-29-19/h13,16-18H,2-12,14-15H2,1H3. The molecule has 7 nitrogen and oxygen atoms in total. The van der Waals surface area contributed by atoms with Crippen LogP contribution in [0, 0.1) is 5.41 Å². The number of halogens is 1. The number of likely N-dealkylation sites (tertiary alicyclic amines) is 2. The molecule has 1 spiro atoms. The van der Waals surface area contributed by atoms with Crippen LogP contribution in [0.5, 0.6) is 0 Å². The normalized spacial score (nSPS) is 28.2. The summed E-state index contributed by atoms with van der Waals surface area (Å²) in [7, 11) is 0. The molecule has 1 aromatic heterocycles. The lowest BCUT2D eigenvalue weighted by atomic mass is 9.64. The lowest BCUT2D eigenvalue weighted by Crippen LogP contribution is -2.56. The minimum atomic E-state index is -0.337. The largest absolute Gasteiger partial charge is 0.450 e. The molecule has 4 rings (SSSR count). The van der Waals surface area contributed by atoms with Crippen molar-refractivity contribution in [2.24, 2.45) is 5.41 Å². The number of rotatable bonds is 7. The Hall–Kier alpha value is -1.67.